The van der Waals surface area contributed by atoms with Crippen molar-refractivity contribution in [2.45, 2.75) is 92.6 Å². The predicted molar refractivity (Wildman–Crippen MR) is 137 cm³/mol. The van der Waals surface area contributed by atoms with Gasteiger partial charge in [0, 0.05) is 45.6 Å². The molecule has 0 aliphatic heterocycles. The van der Waals surface area contributed by atoms with Gasteiger partial charge in [0.05, 0.1) is 12.2 Å². The first-order chi connectivity index (χ1) is 18.0. The van der Waals surface area contributed by atoms with Crippen LogP contribution in [0.5, 0.6) is 0 Å². The monoisotopic (exact) mass is 550 g/mol. The number of carbonyl (C=O) groups excluding carboxylic acids is 5. The Morgan fingerprint density at radius 3 is 2.03 bits per heavy atom. The molecule has 2 rings (SSSR count). The zero-order valence-electron chi connectivity index (χ0n) is 23.7. The van der Waals surface area contributed by atoms with Crippen LogP contribution in [0.1, 0.15) is 68.2 Å². The first-order valence-corrected chi connectivity index (χ1v) is 12.6. The Bertz CT molecular complexity index is 1120. The molecule has 0 unspecified atom stereocenters. The van der Waals surface area contributed by atoms with Gasteiger partial charge in [0.2, 0.25) is 0 Å². The van der Waals surface area contributed by atoms with Crippen molar-refractivity contribution in [2.75, 3.05) is 6.61 Å². The minimum atomic E-state index is -1.49. The molecule has 0 heterocycles. The molecule has 11 heteroatoms. The Morgan fingerprint density at radius 2 is 1.51 bits per heavy atom. The molecule has 2 bridgehead atoms. The molecule has 2 N–H and O–H groups in total. The average Bonchev–Trinajstić information content (AvgIpc) is 2.79. The van der Waals surface area contributed by atoms with Crippen molar-refractivity contribution in [1.29, 1.82) is 0 Å². The summed E-state index contributed by atoms with van der Waals surface area (Å²) in [4.78, 5) is 61.2. The van der Waals surface area contributed by atoms with Crippen molar-refractivity contribution in [3.63, 3.8) is 0 Å². The van der Waals surface area contributed by atoms with E-state index in [0.717, 1.165) is 6.92 Å². The molecule has 0 spiro atoms. The zero-order chi connectivity index (χ0) is 29.8. The third-order valence-corrected chi connectivity index (χ3v) is 7.18. The highest BCUT2D eigenvalue weighted by Crippen LogP contribution is 2.51. The lowest BCUT2D eigenvalue weighted by Gasteiger charge is -2.48. The van der Waals surface area contributed by atoms with E-state index in [2.05, 4.69) is 0 Å². The molecule has 11 nitrogen and oxygen atoms in total. The van der Waals surface area contributed by atoms with Crippen LogP contribution in [0.15, 0.2) is 34.1 Å². The average molecular weight is 551 g/mol. The van der Waals surface area contributed by atoms with Crippen LogP contribution < -0.4 is 0 Å². The van der Waals surface area contributed by atoms with Gasteiger partial charge in [-0.05, 0) is 48.5 Å². The van der Waals surface area contributed by atoms with E-state index in [1.54, 1.807) is 20.8 Å². The maximum atomic E-state index is 13.2. The third-order valence-electron chi connectivity index (χ3n) is 7.18. The summed E-state index contributed by atoms with van der Waals surface area (Å²) in [5, 5.41) is 22.5. The number of ketones is 1. The summed E-state index contributed by atoms with van der Waals surface area (Å²) >= 11 is 0. The summed E-state index contributed by atoms with van der Waals surface area (Å²) in [6.07, 6.45) is -4.07. The number of carbonyl (C=O) groups is 5. The second-order valence-corrected chi connectivity index (χ2v) is 10.5. The molecule has 0 aromatic heterocycles. The van der Waals surface area contributed by atoms with Crippen LogP contribution in [-0.4, -0.2) is 70.9 Å². The van der Waals surface area contributed by atoms with Gasteiger partial charge in [0.15, 0.2) is 17.6 Å². The topological polar surface area (TPSA) is 163 Å². The van der Waals surface area contributed by atoms with Gasteiger partial charge in [-0.25, -0.2) is 0 Å². The number of rotatable bonds is 5. The largest absolute Gasteiger partial charge is 0.461 e. The van der Waals surface area contributed by atoms with Crippen molar-refractivity contribution in [2.24, 2.45) is 11.3 Å². The summed E-state index contributed by atoms with van der Waals surface area (Å²) in [5.74, 6) is -4.23. The van der Waals surface area contributed by atoms with Crippen molar-refractivity contribution in [1.82, 2.24) is 0 Å². The molecule has 2 aliphatic rings. The lowest BCUT2D eigenvalue weighted by Crippen LogP contribution is -2.48. The van der Waals surface area contributed by atoms with Crippen LogP contribution in [0.2, 0.25) is 0 Å². The van der Waals surface area contributed by atoms with Gasteiger partial charge >= 0.3 is 23.9 Å². The Kier molecular flexibility index (Phi) is 10.4. The van der Waals surface area contributed by atoms with Crippen LogP contribution >= 0.6 is 0 Å². The first kappa shape index (κ1) is 31.9. The maximum Gasteiger partial charge on any atom is 0.307 e. The summed E-state index contributed by atoms with van der Waals surface area (Å²) in [6.45, 7) is 11.0. The van der Waals surface area contributed by atoms with Crippen molar-refractivity contribution < 1.29 is 53.1 Å². The number of aliphatic hydroxyl groups is 2. The number of fused-ring (bicyclic) bond motifs is 2. The molecule has 2 aliphatic carbocycles. The second kappa shape index (κ2) is 12.7. The number of ether oxygens (including phenoxy) is 4. The highest BCUT2D eigenvalue weighted by molar-refractivity contribution is 5.96. The van der Waals surface area contributed by atoms with Gasteiger partial charge < -0.3 is 29.2 Å². The molecule has 0 fully saturated rings. The zero-order valence-corrected chi connectivity index (χ0v) is 23.7. The molecular formula is C28H38O11. The number of hydrogen-bond acceptors (Lipinski definition) is 11. The Morgan fingerprint density at radius 1 is 0.923 bits per heavy atom. The van der Waals surface area contributed by atoms with Crippen molar-refractivity contribution in [3.05, 3.63) is 34.1 Å². The van der Waals surface area contributed by atoms with Gasteiger partial charge in [-0.1, -0.05) is 13.8 Å². The predicted octanol–water partition coefficient (Wildman–Crippen LogP) is 2.23. The SMILES string of the molecule is CC(=O)OC/C1=C\[C@H](O)[C@H]2C[C@H](OC(C)=O)C(C)=C([C@@H](OC(C)=O)/C(OC(C)=O)=C(\C)[C@H](O)CC1=O)C2(C)C. The van der Waals surface area contributed by atoms with Gasteiger partial charge in [0.1, 0.15) is 12.7 Å². The highest BCUT2D eigenvalue weighted by Gasteiger charge is 2.50. The smallest absolute Gasteiger partial charge is 0.307 e. The lowest BCUT2D eigenvalue weighted by molar-refractivity contribution is -0.151. The summed E-state index contributed by atoms with van der Waals surface area (Å²) in [7, 11) is 0. The lowest BCUT2D eigenvalue weighted by atomic mass is 9.60. The van der Waals surface area contributed by atoms with E-state index in [4.69, 9.17) is 18.9 Å². The molecule has 0 radical (unpaired) electrons. The van der Waals surface area contributed by atoms with E-state index < -0.39 is 78.4 Å². The number of Topliss-reactive ketones (excluding diaryl/α,β-unsaturated/α-hetero) is 1. The molecule has 5 atom stereocenters. The van der Waals surface area contributed by atoms with Gasteiger partial charge in [-0.2, -0.15) is 0 Å². The van der Waals surface area contributed by atoms with Gasteiger partial charge in [-0.3, -0.25) is 24.0 Å². The van der Waals surface area contributed by atoms with E-state index in [1.807, 2.05) is 0 Å². The molecule has 0 saturated carbocycles. The van der Waals surface area contributed by atoms with Crippen LogP contribution in [0, 0.1) is 11.3 Å². The molecule has 0 saturated heterocycles. The van der Waals surface area contributed by atoms with E-state index in [-0.39, 0.29) is 23.3 Å². The molecule has 0 aromatic rings. The molecular weight excluding hydrogens is 512 g/mol. The van der Waals surface area contributed by atoms with Crippen molar-refractivity contribution in [3.8, 4) is 0 Å². The molecule has 39 heavy (non-hydrogen) atoms. The minimum absolute atomic E-state index is 0.0386. The number of hydrogen-bond donors (Lipinski definition) is 2. The highest BCUT2D eigenvalue weighted by atomic mass is 16.6. The third kappa shape index (κ3) is 7.63. The maximum absolute atomic E-state index is 13.2. The van der Waals surface area contributed by atoms with Crippen LogP contribution in [0.4, 0.5) is 0 Å². The second-order valence-electron chi connectivity index (χ2n) is 10.5. The van der Waals surface area contributed by atoms with Crippen molar-refractivity contribution >= 4 is 29.7 Å². The van der Waals surface area contributed by atoms with E-state index >= 15 is 0 Å². The molecule has 216 valence electrons. The fourth-order valence-electron chi connectivity index (χ4n) is 5.28. The van der Waals surface area contributed by atoms with Gasteiger partial charge in [-0.15, -0.1) is 0 Å². The van der Waals surface area contributed by atoms with Crippen LogP contribution in [-0.2, 0) is 42.9 Å². The van der Waals surface area contributed by atoms with E-state index in [0.29, 0.717) is 11.1 Å². The van der Waals surface area contributed by atoms with Crippen LogP contribution in [0.3, 0.4) is 0 Å². The quantitative estimate of drug-likeness (QED) is 0.293. The number of esters is 4. The summed E-state index contributed by atoms with van der Waals surface area (Å²) < 4.78 is 21.8. The van der Waals surface area contributed by atoms with Gasteiger partial charge in [0.25, 0.3) is 0 Å². The Hall–Kier alpha value is -3.31. The van der Waals surface area contributed by atoms with E-state index in [9.17, 15) is 34.2 Å². The Balaban J connectivity index is 2.96. The van der Waals surface area contributed by atoms with E-state index in [1.165, 1.54) is 33.8 Å². The molecule has 0 amide bonds. The Labute approximate surface area is 227 Å². The standard InChI is InChI=1S/C28H38O11/c1-13-21(33)11-22(34)19(12-36-15(3)29)9-23(35)20-10-24(37-16(4)30)14(2)25(28(20,7)8)27(39-18(6)32)26(13)38-17(5)31/h9,20-21,23-24,27,33,35H,10-12H2,1-8H3/b19-9+,26-13-/t20-,21-,23+,24+,27-/m1/s1. The van der Waals surface area contributed by atoms with Crippen LogP contribution in [0.25, 0.3) is 0 Å². The molecule has 0 aromatic carbocycles. The fourth-order valence-corrected chi connectivity index (χ4v) is 5.28. The minimum Gasteiger partial charge on any atom is -0.461 e. The normalized spacial score (nSPS) is 30.7. The number of aliphatic hydroxyl groups excluding tert-OH is 2. The fraction of sp³-hybridized carbons (Fsp3) is 0.607. The summed E-state index contributed by atoms with van der Waals surface area (Å²) in [6, 6.07) is 0. The first-order valence-electron chi connectivity index (χ1n) is 12.6. The summed E-state index contributed by atoms with van der Waals surface area (Å²) in [5.41, 5.74) is -0.0521.